The summed E-state index contributed by atoms with van der Waals surface area (Å²) >= 11 is 11.5. The summed E-state index contributed by atoms with van der Waals surface area (Å²) in [6, 6.07) is 1.49. The Labute approximate surface area is 122 Å². The first-order valence-electron chi connectivity index (χ1n) is 5.82. The van der Waals surface area contributed by atoms with E-state index in [0.717, 1.165) is 6.54 Å². The molecule has 1 amide bonds. The summed E-state index contributed by atoms with van der Waals surface area (Å²) in [7, 11) is 3.95. The van der Waals surface area contributed by atoms with Gasteiger partial charge in [-0.05, 0) is 20.2 Å². The third-order valence-electron chi connectivity index (χ3n) is 2.27. The van der Waals surface area contributed by atoms with Crippen molar-refractivity contribution in [2.45, 2.75) is 0 Å². The number of hydrogen-bond donors (Lipinski definition) is 1. The third-order valence-corrected chi connectivity index (χ3v) is 2.96. The third kappa shape index (κ3) is 6.20. The Morgan fingerprint density at radius 3 is 2.79 bits per heavy atom. The van der Waals surface area contributed by atoms with E-state index in [2.05, 4.69) is 10.3 Å². The van der Waals surface area contributed by atoms with Gasteiger partial charge in [-0.15, -0.1) is 0 Å². The highest BCUT2D eigenvalue weighted by Crippen LogP contribution is 2.19. The topological polar surface area (TPSA) is 54.5 Å². The Morgan fingerprint density at radius 1 is 1.42 bits per heavy atom. The van der Waals surface area contributed by atoms with Gasteiger partial charge in [0.25, 0.3) is 5.91 Å². The quantitative estimate of drug-likeness (QED) is 0.615. The van der Waals surface area contributed by atoms with Crippen LogP contribution in [-0.2, 0) is 4.74 Å². The van der Waals surface area contributed by atoms with Gasteiger partial charge in [-0.25, -0.2) is 4.98 Å². The number of rotatable bonds is 7. The number of halogens is 2. The normalized spacial score (nSPS) is 10.8. The molecule has 19 heavy (non-hydrogen) atoms. The van der Waals surface area contributed by atoms with Crippen LogP contribution in [0.15, 0.2) is 12.3 Å². The fourth-order valence-corrected chi connectivity index (χ4v) is 1.50. The number of likely N-dealkylation sites (N-methyl/N-ethyl adjacent to an activating group) is 1. The minimum absolute atomic E-state index is 0.185. The standard InChI is InChI=1S/C12H17Cl2N3O2/c1-17(2)4-6-19-5-3-15-12(18)9-7-10(13)11(14)16-8-9/h7-8H,3-6H2,1-2H3,(H,15,18). The smallest absolute Gasteiger partial charge is 0.252 e. The number of amides is 1. The Bertz CT molecular complexity index is 427. The summed E-state index contributed by atoms with van der Waals surface area (Å²) in [6.45, 7) is 2.39. The molecule has 7 heteroatoms. The molecule has 0 saturated heterocycles. The highest BCUT2D eigenvalue weighted by molar-refractivity contribution is 6.41. The molecule has 106 valence electrons. The van der Waals surface area contributed by atoms with E-state index >= 15 is 0 Å². The minimum atomic E-state index is -0.248. The van der Waals surface area contributed by atoms with Gasteiger partial charge < -0.3 is 15.0 Å². The van der Waals surface area contributed by atoms with Crippen LogP contribution in [-0.4, -0.2) is 56.2 Å². The number of carbonyl (C=O) groups is 1. The molecule has 0 atom stereocenters. The molecule has 0 spiro atoms. The van der Waals surface area contributed by atoms with Crippen molar-refractivity contribution in [2.24, 2.45) is 0 Å². The molecule has 0 aromatic carbocycles. The lowest BCUT2D eigenvalue weighted by atomic mass is 10.3. The van der Waals surface area contributed by atoms with Crippen LogP contribution in [0.5, 0.6) is 0 Å². The number of aromatic nitrogens is 1. The molecule has 0 aliphatic carbocycles. The van der Waals surface area contributed by atoms with Crippen molar-refractivity contribution in [3.8, 4) is 0 Å². The largest absolute Gasteiger partial charge is 0.378 e. The van der Waals surface area contributed by atoms with E-state index in [0.29, 0.717) is 25.3 Å². The van der Waals surface area contributed by atoms with Crippen LogP contribution in [0.3, 0.4) is 0 Å². The predicted molar refractivity (Wildman–Crippen MR) is 76.0 cm³/mol. The van der Waals surface area contributed by atoms with Crippen LogP contribution in [0.25, 0.3) is 0 Å². The molecular formula is C12H17Cl2N3O2. The second-order valence-electron chi connectivity index (χ2n) is 4.17. The first-order valence-corrected chi connectivity index (χ1v) is 6.58. The van der Waals surface area contributed by atoms with E-state index in [9.17, 15) is 4.79 Å². The maximum absolute atomic E-state index is 11.7. The first-order chi connectivity index (χ1) is 9.00. The molecule has 0 bridgehead atoms. The molecule has 1 aromatic rings. The number of nitrogens with zero attached hydrogens (tertiary/aromatic N) is 2. The highest BCUT2D eigenvalue weighted by atomic mass is 35.5. The van der Waals surface area contributed by atoms with Gasteiger partial charge in [-0.1, -0.05) is 23.2 Å². The molecule has 1 heterocycles. The maximum Gasteiger partial charge on any atom is 0.252 e. The van der Waals surface area contributed by atoms with Gasteiger partial charge in [0.05, 0.1) is 23.8 Å². The zero-order chi connectivity index (χ0) is 14.3. The maximum atomic E-state index is 11.7. The first kappa shape index (κ1) is 16.2. The Kier molecular flexibility index (Phi) is 7.09. The predicted octanol–water partition coefficient (Wildman–Crippen LogP) is 1.70. The van der Waals surface area contributed by atoms with Crippen LogP contribution in [0, 0.1) is 0 Å². The van der Waals surface area contributed by atoms with Crippen LogP contribution in [0.2, 0.25) is 10.2 Å². The summed E-state index contributed by atoms with van der Waals surface area (Å²) in [5, 5.41) is 3.16. The number of carbonyl (C=O) groups excluding carboxylic acids is 1. The highest BCUT2D eigenvalue weighted by Gasteiger charge is 2.08. The summed E-state index contributed by atoms with van der Waals surface area (Å²) in [5.74, 6) is -0.248. The second kappa shape index (κ2) is 8.32. The van der Waals surface area contributed by atoms with Crippen molar-refractivity contribution in [1.29, 1.82) is 0 Å². The zero-order valence-corrected chi connectivity index (χ0v) is 12.5. The number of hydrogen-bond acceptors (Lipinski definition) is 4. The van der Waals surface area contributed by atoms with Crippen molar-refractivity contribution >= 4 is 29.1 Å². The number of pyridine rings is 1. The molecule has 1 aromatic heterocycles. The number of nitrogens with one attached hydrogen (secondary N) is 1. The average molecular weight is 306 g/mol. The van der Waals surface area contributed by atoms with Crippen molar-refractivity contribution in [1.82, 2.24) is 15.2 Å². The Morgan fingerprint density at radius 2 is 2.16 bits per heavy atom. The summed E-state index contributed by atoms with van der Waals surface area (Å²) in [6.07, 6.45) is 1.39. The minimum Gasteiger partial charge on any atom is -0.378 e. The molecule has 0 aliphatic heterocycles. The molecule has 0 fully saturated rings. The lowest BCUT2D eigenvalue weighted by Gasteiger charge is -2.10. The fourth-order valence-electron chi connectivity index (χ4n) is 1.23. The van der Waals surface area contributed by atoms with E-state index in [1.54, 1.807) is 0 Å². The van der Waals surface area contributed by atoms with Gasteiger partial charge in [-0.3, -0.25) is 4.79 Å². The van der Waals surface area contributed by atoms with Crippen molar-refractivity contribution < 1.29 is 9.53 Å². The fraction of sp³-hybridized carbons (Fsp3) is 0.500. The molecule has 1 rings (SSSR count). The van der Waals surface area contributed by atoms with Crippen LogP contribution in [0.4, 0.5) is 0 Å². The summed E-state index contributed by atoms with van der Waals surface area (Å²) < 4.78 is 5.35. The molecule has 0 radical (unpaired) electrons. The molecule has 5 nitrogen and oxygen atoms in total. The van der Waals surface area contributed by atoms with Gasteiger partial charge in [0.1, 0.15) is 5.15 Å². The summed E-state index contributed by atoms with van der Waals surface area (Å²) in [4.78, 5) is 17.6. The monoisotopic (exact) mass is 305 g/mol. The lowest BCUT2D eigenvalue weighted by molar-refractivity contribution is 0.0900. The Balaban J connectivity index is 2.26. The lowest BCUT2D eigenvalue weighted by Crippen LogP contribution is -2.28. The SMILES string of the molecule is CN(C)CCOCCNC(=O)c1cnc(Cl)c(Cl)c1. The molecule has 0 aliphatic rings. The van der Waals surface area contributed by atoms with Crippen molar-refractivity contribution in [3.63, 3.8) is 0 Å². The van der Waals surface area contributed by atoms with Crippen molar-refractivity contribution in [2.75, 3.05) is 40.4 Å². The Hall–Kier alpha value is -0.880. The van der Waals surface area contributed by atoms with Crippen molar-refractivity contribution in [3.05, 3.63) is 28.0 Å². The molecule has 1 N–H and O–H groups in total. The summed E-state index contributed by atoms with van der Waals surface area (Å²) in [5.41, 5.74) is 0.377. The zero-order valence-electron chi connectivity index (χ0n) is 10.9. The van der Waals surface area contributed by atoms with Gasteiger partial charge >= 0.3 is 0 Å². The van der Waals surface area contributed by atoms with E-state index in [1.165, 1.54) is 12.3 Å². The van der Waals surface area contributed by atoms with Gasteiger partial charge in [-0.2, -0.15) is 0 Å². The van der Waals surface area contributed by atoms with Gasteiger partial charge in [0.15, 0.2) is 0 Å². The van der Waals surface area contributed by atoms with E-state index in [4.69, 9.17) is 27.9 Å². The number of ether oxygens (including phenoxy) is 1. The van der Waals surface area contributed by atoms with E-state index < -0.39 is 0 Å². The second-order valence-corrected chi connectivity index (χ2v) is 4.93. The van der Waals surface area contributed by atoms with E-state index in [1.807, 2.05) is 19.0 Å². The van der Waals surface area contributed by atoms with Gasteiger partial charge in [0, 0.05) is 19.3 Å². The molecule has 0 saturated carbocycles. The van der Waals surface area contributed by atoms with Crippen LogP contribution >= 0.6 is 23.2 Å². The van der Waals surface area contributed by atoms with Gasteiger partial charge in [0.2, 0.25) is 0 Å². The van der Waals surface area contributed by atoms with E-state index in [-0.39, 0.29) is 16.1 Å². The molecular weight excluding hydrogens is 289 g/mol. The van der Waals surface area contributed by atoms with Crippen LogP contribution in [0.1, 0.15) is 10.4 Å². The molecule has 0 unspecified atom stereocenters. The van der Waals surface area contributed by atoms with Crippen LogP contribution < -0.4 is 5.32 Å². The average Bonchev–Trinajstić information content (AvgIpc) is 2.36.